The van der Waals surface area contributed by atoms with Crippen molar-refractivity contribution in [1.29, 1.82) is 0 Å². The number of hydrogen-bond donors (Lipinski definition) is 1. The normalized spacial score (nSPS) is 16.0. The predicted octanol–water partition coefficient (Wildman–Crippen LogP) is 1.65. The van der Waals surface area contributed by atoms with Gasteiger partial charge >= 0.3 is 0 Å². The average Bonchev–Trinajstić information content (AvgIpc) is 2.40. The molecule has 1 aliphatic rings. The van der Waals surface area contributed by atoms with E-state index in [9.17, 15) is 0 Å². The number of anilines is 2. The van der Waals surface area contributed by atoms with Gasteiger partial charge in [-0.25, -0.2) is 4.98 Å². The molecule has 0 amide bonds. The maximum absolute atomic E-state index is 5.13. The van der Waals surface area contributed by atoms with Crippen LogP contribution in [0.15, 0.2) is 6.07 Å². The number of hydrogen-bond acceptors (Lipinski definition) is 5. The highest BCUT2D eigenvalue weighted by Crippen LogP contribution is 2.18. The average molecular weight is 236 g/mol. The fourth-order valence-electron chi connectivity index (χ4n) is 2.07. The summed E-state index contributed by atoms with van der Waals surface area (Å²) in [7, 11) is 3.56. The number of methoxy groups -OCH3 is 1. The van der Waals surface area contributed by atoms with Crippen LogP contribution in [0.4, 0.5) is 11.8 Å². The van der Waals surface area contributed by atoms with Crippen molar-refractivity contribution >= 4 is 11.8 Å². The van der Waals surface area contributed by atoms with Crippen molar-refractivity contribution < 1.29 is 4.74 Å². The summed E-state index contributed by atoms with van der Waals surface area (Å²) in [5, 5.41) is 3.07. The Morgan fingerprint density at radius 1 is 1.29 bits per heavy atom. The summed E-state index contributed by atoms with van der Waals surface area (Å²) in [6.07, 6.45) is 3.77. The van der Waals surface area contributed by atoms with Gasteiger partial charge < -0.3 is 15.0 Å². The monoisotopic (exact) mass is 236 g/mol. The molecule has 1 N–H and O–H groups in total. The molecule has 1 aromatic rings. The van der Waals surface area contributed by atoms with E-state index in [1.54, 1.807) is 7.11 Å². The highest BCUT2D eigenvalue weighted by atomic mass is 16.5. The Bertz CT molecular complexity index is 364. The molecule has 0 aromatic carbocycles. The van der Waals surface area contributed by atoms with Crippen molar-refractivity contribution in [3.63, 3.8) is 0 Å². The molecule has 0 radical (unpaired) electrons. The molecule has 94 valence electrons. The van der Waals surface area contributed by atoms with Crippen molar-refractivity contribution in [3.05, 3.63) is 11.8 Å². The van der Waals surface area contributed by atoms with E-state index in [4.69, 9.17) is 4.74 Å². The summed E-state index contributed by atoms with van der Waals surface area (Å²) in [6.45, 7) is 2.64. The lowest BCUT2D eigenvalue weighted by Gasteiger charge is -2.27. The van der Waals surface area contributed by atoms with Crippen LogP contribution in [-0.2, 0) is 11.3 Å². The van der Waals surface area contributed by atoms with Crippen molar-refractivity contribution in [2.45, 2.75) is 25.9 Å². The topological polar surface area (TPSA) is 50.3 Å². The summed E-state index contributed by atoms with van der Waals surface area (Å²) in [5.74, 6) is 1.68. The molecule has 0 saturated carbocycles. The van der Waals surface area contributed by atoms with E-state index in [-0.39, 0.29) is 0 Å². The zero-order chi connectivity index (χ0) is 12.1. The van der Waals surface area contributed by atoms with Crippen LogP contribution in [0.2, 0.25) is 0 Å². The molecule has 0 unspecified atom stereocenters. The van der Waals surface area contributed by atoms with E-state index in [1.807, 2.05) is 13.1 Å². The second-order valence-corrected chi connectivity index (χ2v) is 4.28. The van der Waals surface area contributed by atoms with Crippen LogP contribution in [-0.4, -0.2) is 37.2 Å². The Kier molecular flexibility index (Phi) is 4.14. The first-order valence-electron chi connectivity index (χ1n) is 6.13. The lowest BCUT2D eigenvalue weighted by atomic mass is 10.1. The Labute approximate surface area is 102 Å². The zero-order valence-corrected chi connectivity index (χ0v) is 10.6. The molecule has 1 aromatic heterocycles. The number of nitrogens with zero attached hydrogens (tertiary/aromatic N) is 3. The fraction of sp³-hybridized carbons (Fsp3) is 0.667. The SMILES string of the molecule is CNc1cc(COC)nc(N2CCCCC2)n1. The quantitative estimate of drug-likeness (QED) is 0.861. The van der Waals surface area contributed by atoms with Gasteiger partial charge in [0.05, 0.1) is 12.3 Å². The van der Waals surface area contributed by atoms with Crippen molar-refractivity contribution in [2.24, 2.45) is 0 Å². The Hall–Kier alpha value is -1.36. The van der Waals surface area contributed by atoms with E-state index < -0.39 is 0 Å². The molecule has 2 heterocycles. The third-order valence-corrected chi connectivity index (χ3v) is 2.95. The summed E-state index contributed by atoms with van der Waals surface area (Å²) < 4.78 is 5.13. The van der Waals surface area contributed by atoms with E-state index in [2.05, 4.69) is 20.2 Å². The Morgan fingerprint density at radius 3 is 2.71 bits per heavy atom. The summed E-state index contributed by atoms with van der Waals surface area (Å²) >= 11 is 0. The highest BCUT2D eigenvalue weighted by Gasteiger charge is 2.14. The van der Waals surface area contributed by atoms with Gasteiger partial charge in [-0.2, -0.15) is 4.98 Å². The van der Waals surface area contributed by atoms with E-state index in [1.165, 1.54) is 19.3 Å². The number of ether oxygens (including phenoxy) is 1. The molecule has 1 aliphatic heterocycles. The third kappa shape index (κ3) is 3.06. The van der Waals surface area contributed by atoms with Gasteiger partial charge in [-0.15, -0.1) is 0 Å². The number of nitrogens with one attached hydrogen (secondary N) is 1. The van der Waals surface area contributed by atoms with E-state index in [0.29, 0.717) is 6.61 Å². The smallest absolute Gasteiger partial charge is 0.227 e. The molecule has 5 heteroatoms. The van der Waals surface area contributed by atoms with Crippen LogP contribution in [0.5, 0.6) is 0 Å². The maximum Gasteiger partial charge on any atom is 0.227 e. The van der Waals surface area contributed by atoms with E-state index >= 15 is 0 Å². The zero-order valence-electron chi connectivity index (χ0n) is 10.6. The molecule has 0 spiro atoms. The van der Waals surface area contributed by atoms with Crippen LogP contribution >= 0.6 is 0 Å². The summed E-state index contributed by atoms with van der Waals surface area (Å²) in [5.41, 5.74) is 0.924. The number of aromatic nitrogens is 2. The Balaban J connectivity index is 2.21. The molecule has 5 nitrogen and oxygen atoms in total. The minimum Gasteiger partial charge on any atom is -0.378 e. The van der Waals surface area contributed by atoms with Crippen LogP contribution in [0.1, 0.15) is 25.0 Å². The maximum atomic E-state index is 5.13. The first kappa shape index (κ1) is 12.1. The molecule has 1 fully saturated rings. The molecular formula is C12H20N4O. The van der Waals surface area contributed by atoms with Gasteiger partial charge in [0, 0.05) is 33.3 Å². The lowest BCUT2D eigenvalue weighted by molar-refractivity contribution is 0.181. The van der Waals surface area contributed by atoms with Crippen LogP contribution in [0, 0.1) is 0 Å². The van der Waals surface area contributed by atoms with Crippen molar-refractivity contribution in [2.75, 3.05) is 37.5 Å². The molecule has 1 saturated heterocycles. The molecular weight excluding hydrogens is 216 g/mol. The van der Waals surface area contributed by atoms with Gasteiger partial charge in [0.2, 0.25) is 5.95 Å². The second kappa shape index (κ2) is 5.82. The first-order valence-corrected chi connectivity index (χ1v) is 6.13. The largest absolute Gasteiger partial charge is 0.378 e. The summed E-state index contributed by atoms with van der Waals surface area (Å²) in [6, 6.07) is 1.93. The Morgan fingerprint density at radius 2 is 2.06 bits per heavy atom. The highest BCUT2D eigenvalue weighted by molar-refractivity contribution is 5.43. The van der Waals surface area contributed by atoms with Gasteiger partial charge in [0.15, 0.2) is 0 Å². The van der Waals surface area contributed by atoms with Gasteiger partial charge in [0.25, 0.3) is 0 Å². The minimum absolute atomic E-state index is 0.526. The van der Waals surface area contributed by atoms with Crippen molar-refractivity contribution in [1.82, 2.24) is 9.97 Å². The fourth-order valence-corrected chi connectivity index (χ4v) is 2.07. The number of piperidine rings is 1. The third-order valence-electron chi connectivity index (χ3n) is 2.95. The van der Waals surface area contributed by atoms with Crippen LogP contribution in [0.3, 0.4) is 0 Å². The number of rotatable bonds is 4. The molecule has 0 atom stereocenters. The second-order valence-electron chi connectivity index (χ2n) is 4.28. The molecule has 17 heavy (non-hydrogen) atoms. The van der Waals surface area contributed by atoms with Crippen LogP contribution in [0.25, 0.3) is 0 Å². The van der Waals surface area contributed by atoms with Crippen LogP contribution < -0.4 is 10.2 Å². The molecule has 2 rings (SSSR count). The summed E-state index contributed by atoms with van der Waals surface area (Å²) in [4.78, 5) is 11.3. The van der Waals surface area contributed by atoms with Gasteiger partial charge in [-0.3, -0.25) is 0 Å². The van der Waals surface area contributed by atoms with E-state index in [0.717, 1.165) is 30.5 Å². The van der Waals surface area contributed by atoms with Gasteiger partial charge in [-0.05, 0) is 19.3 Å². The molecule has 0 bridgehead atoms. The van der Waals surface area contributed by atoms with Gasteiger partial charge in [-0.1, -0.05) is 0 Å². The first-order chi connectivity index (χ1) is 8.33. The predicted molar refractivity (Wildman–Crippen MR) is 68.4 cm³/mol. The lowest BCUT2D eigenvalue weighted by Crippen LogP contribution is -2.31. The molecule has 0 aliphatic carbocycles. The standard InChI is InChI=1S/C12H20N4O/c1-13-11-8-10(9-17-2)14-12(15-11)16-6-4-3-5-7-16/h8H,3-7,9H2,1-2H3,(H,13,14,15). The van der Waals surface area contributed by atoms with Crippen molar-refractivity contribution in [3.8, 4) is 0 Å². The minimum atomic E-state index is 0.526. The van der Waals surface area contributed by atoms with Gasteiger partial charge in [0.1, 0.15) is 5.82 Å².